The summed E-state index contributed by atoms with van der Waals surface area (Å²) >= 11 is 10.3. The third-order valence-corrected chi connectivity index (χ3v) is 7.42. The number of rotatable bonds is 9. The zero-order chi connectivity index (χ0) is 27.9. The monoisotopic (exact) mass is 625 g/mol. The average Bonchev–Trinajstić information content (AvgIpc) is 3.18. The smallest absolute Gasteiger partial charge is 0.294 e. The average molecular weight is 627 g/mol. The number of nitrogens with zero attached hydrogens (tertiary/aromatic N) is 2. The van der Waals surface area contributed by atoms with Crippen molar-refractivity contribution in [2.24, 2.45) is 0 Å². The second kappa shape index (κ2) is 12.8. The Morgan fingerprint density at radius 1 is 1.13 bits per heavy atom. The van der Waals surface area contributed by atoms with Crippen molar-refractivity contribution in [1.82, 2.24) is 4.90 Å². The lowest BCUT2D eigenvalue weighted by Crippen LogP contribution is -2.36. The highest BCUT2D eigenvalue weighted by Crippen LogP contribution is 2.38. The molecule has 0 aromatic heterocycles. The number of ether oxygens (including phenoxy) is 2. The van der Waals surface area contributed by atoms with E-state index in [1.54, 1.807) is 54.6 Å². The van der Waals surface area contributed by atoms with Crippen LogP contribution < -0.4 is 14.8 Å². The normalized spacial score (nSPS) is 13.9. The van der Waals surface area contributed by atoms with Crippen LogP contribution >= 0.6 is 39.3 Å². The Balaban J connectivity index is 1.51. The molecule has 0 radical (unpaired) electrons. The SMILES string of the molecule is CCOc1cc(/C=C2/SC(=O)N(CC(=O)Nc3ccccc3Cl)C2=O)c(Br)cc1OCc1ccccc1C#N. The van der Waals surface area contributed by atoms with Gasteiger partial charge in [-0.25, -0.2) is 0 Å². The Labute approximate surface area is 242 Å². The molecule has 3 aromatic carbocycles. The van der Waals surface area contributed by atoms with Crippen molar-refractivity contribution in [2.45, 2.75) is 13.5 Å². The van der Waals surface area contributed by atoms with E-state index in [4.69, 9.17) is 21.1 Å². The zero-order valence-electron chi connectivity index (χ0n) is 20.6. The first-order valence-corrected chi connectivity index (χ1v) is 13.7. The Morgan fingerprint density at radius 3 is 2.59 bits per heavy atom. The van der Waals surface area contributed by atoms with E-state index in [0.29, 0.717) is 44.4 Å². The van der Waals surface area contributed by atoms with Crippen molar-refractivity contribution in [3.63, 3.8) is 0 Å². The first-order chi connectivity index (χ1) is 18.8. The Kier molecular flexibility index (Phi) is 9.30. The third-order valence-electron chi connectivity index (χ3n) is 5.49. The number of nitrogens with one attached hydrogen (secondary N) is 1. The fourth-order valence-corrected chi connectivity index (χ4v) is 5.08. The van der Waals surface area contributed by atoms with Crippen molar-refractivity contribution < 1.29 is 23.9 Å². The molecule has 1 heterocycles. The molecule has 1 fully saturated rings. The number of carbonyl (C=O) groups excluding carboxylic acids is 3. The van der Waals surface area contributed by atoms with Crippen molar-refractivity contribution in [2.75, 3.05) is 18.5 Å². The first kappa shape index (κ1) is 28.2. The van der Waals surface area contributed by atoms with E-state index in [2.05, 4.69) is 27.3 Å². The summed E-state index contributed by atoms with van der Waals surface area (Å²) < 4.78 is 12.3. The standard InChI is InChI=1S/C28H21BrClN3O5S/c1-2-37-23-11-19(20(29)13-24(23)38-16-18-8-4-3-7-17(18)14-31)12-25-27(35)33(28(36)39-25)15-26(34)32-22-10-6-5-9-21(22)30/h3-13H,2,15-16H2,1H3,(H,32,34)/b25-12+. The van der Waals surface area contributed by atoms with E-state index in [0.717, 1.165) is 22.2 Å². The molecular weight excluding hydrogens is 606 g/mol. The number of nitriles is 1. The molecule has 0 saturated carbocycles. The fraction of sp³-hybridized carbons (Fsp3) is 0.143. The van der Waals surface area contributed by atoms with Gasteiger partial charge in [0.15, 0.2) is 11.5 Å². The van der Waals surface area contributed by atoms with Crippen LogP contribution in [0, 0.1) is 11.3 Å². The molecule has 8 nitrogen and oxygen atoms in total. The highest BCUT2D eigenvalue weighted by molar-refractivity contribution is 9.10. The van der Waals surface area contributed by atoms with Gasteiger partial charge in [0.2, 0.25) is 5.91 Å². The molecule has 11 heteroatoms. The van der Waals surface area contributed by atoms with Crippen LogP contribution in [-0.2, 0) is 16.2 Å². The van der Waals surface area contributed by atoms with E-state index >= 15 is 0 Å². The Hall–Kier alpha value is -3.78. The number of carbonyl (C=O) groups is 3. The highest BCUT2D eigenvalue weighted by Gasteiger charge is 2.36. The number of hydrogen-bond acceptors (Lipinski definition) is 7. The van der Waals surface area contributed by atoms with Gasteiger partial charge in [0.1, 0.15) is 13.2 Å². The van der Waals surface area contributed by atoms with E-state index in [1.165, 1.54) is 0 Å². The van der Waals surface area contributed by atoms with Crippen molar-refractivity contribution >= 4 is 68.1 Å². The van der Waals surface area contributed by atoms with E-state index in [9.17, 15) is 19.6 Å². The topological polar surface area (TPSA) is 109 Å². The summed E-state index contributed by atoms with van der Waals surface area (Å²) in [5.74, 6) is -0.263. The number of halogens is 2. The van der Waals surface area contributed by atoms with E-state index < -0.39 is 23.6 Å². The van der Waals surface area contributed by atoms with Crippen molar-refractivity contribution in [1.29, 1.82) is 5.26 Å². The van der Waals surface area contributed by atoms with Gasteiger partial charge in [-0.15, -0.1) is 0 Å². The van der Waals surface area contributed by atoms with Crippen LogP contribution in [0.4, 0.5) is 10.5 Å². The van der Waals surface area contributed by atoms with Gasteiger partial charge in [-0.05, 0) is 60.7 Å². The number of para-hydroxylation sites is 1. The highest BCUT2D eigenvalue weighted by atomic mass is 79.9. The van der Waals surface area contributed by atoms with Crippen molar-refractivity contribution in [3.8, 4) is 17.6 Å². The van der Waals surface area contributed by atoms with Crippen LogP contribution in [0.25, 0.3) is 6.08 Å². The Bertz CT molecular complexity index is 1520. The first-order valence-electron chi connectivity index (χ1n) is 11.7. The largest absolute Gasteiger partial charge is 0.490 e. The van der Waals surface area contributed by atoms with Gasteiger partial charge in [0.05, 0.1) is 33.9 Å². The lowest BCUT2D eigenvalue weighted by molar-refractivity contribution is -0.127. The number of amides is 3. The van der Waals surface area contributed by atoms with Gasteiger partial charge in [-0.2, -0.15) is 5.26 Å². The number of benzene rings is 3. The van der Waals surface area contributed by atoms with Gasteiger partial charge in [0.25, 0.3) is 11.1 Å². The van der Waals surface area contributed by atoms with Gasteiger partial charge >= 0.3 is 0 Å². The van der Waals surface area contributed by atoms with Gasteiger partial charge in [-0.1, -0.05) is 57.9 Å². The summed E-state index contributed by atoms with van der Waals surface area (Å²) in [6, 6.07) is 19.4. The maximum atomic E-state index is 13.0. The quantitative estimate of drug-likeness (QED) is 0.266. The summed E-state index contributed by atoms with van der Waals surface area (Å²) in [5.41, 5.74) is 2.21. The van der Waals surface area contributed by atoms with Gasteiger partial charge in [0, 0.05) is 10.0 Å². The molecule has 1 aliphatic rings. The number of thioether (sulfide) groups is 1. The summed E-state index contributed by atoms with van der Waals surface area (Å²) in [5, 5.41) is 11.7. The molecule has 0 spiro atoms. The molecule has 0 atom stereocenters. The molecular formula is C28H21BrClN3O5S. The van der Waals surface area contributed by atoms with Crippen LogP contribution in [0.15, 0.2) is 70.0 Å². The maximum Gasteiger partial charge on any atom is 0.294 e. The van der Waals surface area contributed by atoms with Gasteiger partial charge < -0.3 is 14.8 Å². The molecule has 39 heavy (non-hydrogen) atoms. The van der Waals surface area contributed by atoms with E-state index in [-0.39, 0.29) is 11.5 Å². The second-order valence-corrected chi connectivity index (χ2v) is 10.4. The van der Waals surface area contributed by atoms with Crippen LogP contribution in [0.1, 0.15) is 23.6 Å². The molecule has 4 rings (SSSR count). The lowest BCUT2D eigenvalue weighted by Gasteiger charge is -2.15. The summed E-state index contributed by atoms with van der Waals surface area (Å²) in [6.07, 6.45) is 1.55. The lowest BCUT2D eigenvalue weighted by atomic mass is 10.1. The molecule has 1 aliphatic heterocycles. The van der Waals surface area contributed by atoms with Crippen LogP contribution in [0.2, 0.25) is 5.02 Å². The third kappa shape index (κ3) is 6.81. The molecule has 1 N–H and O–H groups in total. The number of anilines is 1. The molecule has 0 aliphatic carbocycles. The molecule has 0 unspecified atom stereocenters. The van der Waals surface area contributed by atoms with Gasteiger partial charge in [-0.3, -0.25) is 19.3 Å². The number of imide groups is 1. The summed E-state index contributed by atoms with van der Waals surface area (Å²) in [6.45, 7) is 1.90. The van der Waals surface area contributed by atoms with Crippen molar-refractivity contribution in [3.05, 3.63) is 91.8 Å². The Morgan fingerprint density at radius 2 is 1.85 bits per heavy atom. The van der Waals surface area contributed by atoms with Crippen LogP contribution in [-0.4, -0.2) is 35.1 Å². The minimum Gasteiger partial charge on any atom is -0.490 e. The molecule has 0 bridgehead atoms. The molecule has 198 valence electrons. The predicted molar refractivity (Wildman–Crippen MR) is 154 cm³/mol. The van der Waals surface area contributed by atoms with Crippen LogP contribution in [0.5, 0.6) is 11.5 Å². The fourth-order valence-electron chi connectivity index (χ4n) is 3.63. The zero-order valence-corrected chi connectivity index (χ0v) is 23.7. The minimum absolute atomic E-state index is 0.157. The maximum absolute atomic E-state index is 13.0. The summed E-state index contributed by atoms with van der Waals surface area (Å²) in [7, 11) is 0. The number of hydrogen-bond donors (Lipinski definition) is 1. The predicted octanol–water partition coefficient (Wildman–Crippen LogP) is 6.63. The minimum atomic E-state index is -0.586. The summed E-state index contributed by atoms with van der Waals surface area (Å²) in [4.78, 5) is 39.1. The molecule has 1 saturated heterocycles. The molecule has 3 aromatic rings. The van der Waals surface area contributed by atoms with Crippen LogP contribution in [0.3, 0.4) is 0 Å². The van der Waals surface area contributed by atoms with E-state index in [1.807, 2.05) is 19.1 Å². The second-order valence-electron chi connectivity index (χ2n) is 8.11. The molecule has 3 amide bonds.